The number of methoxy groups -OCH3 is 1. The molecule has 1 saturated carbocycles. The van der Waals surface area contributed by atoms with Crippen LogP contribution in [0.1, 0.15) is 41.6 Å². The number of benzene rings is 1. The maximum Gasteiger partial charge on any atom is 0.408 e. The molecule has 152 valence electrons. The van der Waals surface area contributed by atoms with Gasteiger partial charge in [-0.1, -0.05) is 0 Å². The average molecular weight is 397 g/mol. The number of hydrogen-bond acceptors (Lipinski definition) is 4. The van der Waals surface area contributed by atoms with Gasteiger partial charge in [-0.25, -0.2) is 0 Å². The predicted octanol–water partition coefficient (Wildman–Crippen LogP) is 3.71. The molecule has 0 bridgehead atoms. The molecule has 1 aliphatic rings. The molecule has 1 N–H and O–H groups in total. The van der Waals surface area contributed by atoms with Crippen molar-refractivity contribution in [3.8, 4) is 11.5 Å². The molecule has 9 heteroatoms. The molecule has 1 aromatic heterocycles. The highest BCUT2D eigenvalue weighted by Crippen LogP contribution is 2.30. The number of ether oxygens (including phenoxy) is 2. The van der Waals surface area contributed by atoms with Crippen molar-refractivity contribution in [3.05, 3.63) is 41.7 Å². The summed E-state index contributed by atoms with van der Waals surface area (Å²) in [6.45, 7) is -1.06. The minimum absolute atomic E-state index is 0.0658. The molecule has 1 aliphatic carbocycles. The Hall–Kier alpha value is -2.71. The highest BCUT2D eigenvalue weighted by Gasteiger charge is 2.28. The normalized spacial score (nSPS) is 14.9. The van der Waals surface area contributed by atoms with E-state index < -0.39 is 18.6 Å². The van der Waals surface area contributed by atoms with Crippen LogP contribution in [0.15, 0.2) is 30.6 Å². The molecule has 3 rings (SSSR count). The van der Waals surface area contributed by atoms with Crippen LogP contribution < -0.4 is 14.8 Å². The van der Waals surface area contributed by atoms with E-state index in [0.29, 0.717) is 16.2 Å². The van der Waals surface area contributed by atoms with Gasteiger partial charge in [-0.15, -0.1) is 0 Å². The Balaban J connectivity index is 1.65. The van der Waals surface area contributed by atoms with Crippen LogP contribution >= 0.6 is 0 Å². The second kappa shape index (κ2) is 8.53. The number of nitrogens with zero attached hydrogens (tertiary/aromatic N) is 2. The fraction of sp³-hybridized carbons (Fsp3) is 0.474. The number of rotatable bonds is 7. The summed E-state index contributed by atoms with van der Waals surface area (Å²) in [4.78, 5) is 12.3. The van der Waals surface area contributed by atoms with Crippen molar-refractivity contribution in [2.45, 2.75) is 51.1 Å². The Morgan fingerprint density at radius 2 is 2.07 bits per heavy atom. The van der Waals surface area contributed by atoms with Crippen LogP contribution in [0.25, 0.3) is 0 Å². The lowest BCUT2D eigenvalue weighted by Gasteiger charge is -2.17. The highest BCUT2D eigenvalue weighted by atomic mass is 19.4. The Bertz CT molecular complexity index is 814. The van der Waals surface area contributed by atoms with Crippen molar-refractivity contribution in [3.63, 3.8) is 0 Å². The molecule has 1 heterocycles. The molecule has 0 spiro atoms. The predicted molar refractivity (Wildman–Crippen MR) is 95.3 cm³/mol. The smallest absolute Gasteiger partial charge is 0.408 e. The van der Waals surface area contributed by atoms with E-state index in [0.717, 1.165) is 43.6 Å². The van der Waals surface area contributed by atoms with Crippen LogP contribution in [0, 0.1) is 0 Å². The van der Waals surface area contributed by atoms with Gasteiger partial charge < -0.3 is 14.8 Å². The summed E-state index contributed by atoms with van der Waals surface area (Å²) in [5, 5.41) is 6.28. The number of alkyl halides is 3. The van der Waals surface area contributed by atoms with Crippen molar-refractivity contribution in [2.24, 2.45) is 0 Å². The first-order chi connectivity index (χ1) is 13.3. The van der Waals surface area contributed by atoms with E-state index in [1.165, 1.54) is 0 Å². The van der Waals surface area contributed by atoms with E-state index >= 15 is 0 Å². The fourth-order valence-electron chi connectivity index (χ4n) is 3.13. The molecule has 1 fully saturated rings. The maximum atomic E-state index is 12.4. The topological polar surface area (TPSA) is 65.4 Å². The van der Waals surface area contributed by atoms with E-state index in [1.807, 2.05) is 0 Å². The van der Waals surface area contributed by atoms with Crippen LogP contribution in [0.3, 0.4) is 0 Å². The monoisotopic (exact) mass is 397 g/mol. The molecule has 1 amide bonds. The second-order valence-corrected chi connectivity index (χ2v) is 6.72. The summed E-state index contributed by atoms with van der Waals surface area (Å²) in [7, 11) is 1.56. The number of carbonyl (C=O) groups excluding carboxylic acids is 1. The van der Waals surface area contributed by atoms with Gasteiger partial charge in [0.05, 0.1) is 25.0 Å². The van der Waals surface area contributed by atoms with Crippen LogP contribution in [-0.2, 0) is 13.1 Å². The van der Waals surface area contributed by atoms with E-state index in [9.17, 15) is 18.0 Å². The Morgan fingerprint density at radius 3 is 2.75 bits per heavy atom. The minimum atomic E-state index is -4.39. The zero-order valence-corrected chi connectivity index (χ0v) is 15.5. The van der Waals surface area contributed by atoms with Crippen molar-refractivity contribution in [1.82, 2.24) is 15.1 Å². The van der Waals surface area contributed by atoms with Crippen LogP contribution in [0.4, 0.5) is 13.2 Å². The Kier molecular flexibility index (Phi) is 6.11. The zero-order valence-electron chi connectivity index (χ0n) is 15.5. The first-order valence-corrected chi connectivity index (χ1v) is 9.05. The highest BCUT2D eigenvalue weighted by molar-refractivity contribution is 5.93. The third kappa shape index (κ3) is 5.40. The number of aromatic nitrogens is 2. The molecule has 6 nitrogen and oxygen atoms in total. The molecule has 28 heavy (non-hydrogen) atoms. The van der Waals surface area contributed by atoms with Gasteiger partial charge in [0.1, 0.15) is 18.0 Å². The number of carbonyl (C=O) groups is 1. The lowest BCUT2D eigenvalue weighted by Crippen LogP contribution is -2.23. The van der Waals surface area contributed by atoms with Gasteiger partial charge in [-0.2, -0.15) is 18.3 Å². The van der Waals surface area contributed by atoms with Gasteiger partial charge in [0, 0.05) is 24.4 Å². The molecular formula is C19H22F3N3O3. The summed E-state index contributed by atoms with van der Waals surface area (Å²) in [6.07, 6.45) is 2.17. The summed E-state index contributed by atoms with van der Waals surface area (Å²) >= 11 is 0. The summed E-state index contributed by atoms with van der Waals surface area (Å²) in [6, 6.07) is 5.35. The van der Waals surface area contributed by atoms with E-state index in [4.69, 9.17) is 9.47 Å². The molecular weight excluding hydrogens is 375 g/mol. The molecule has 0 saturated heterocycles. The van der Waals surface area contributed by atoms with E-state index in [2.05, 4.69) is 10.4 Å². The molecule has 0 radical (unpaired) electrons. The number of nitrogens with one attached hydrogen (secondary N) is 1. The summed E-state index contributed by atoms with van der Waals surface area (Å²) in [5.74, 6) is 0.784. The minimum Gasteiger partial charge on any atom is -0.497 e. The quantitative estimate of drug-likeness (QED) is 0.774. The van der Waals surface area contributed by atoms with Crippen molar-refractivity contribution in [2.75, 3.05) is 7.11 Å². The van der Waals surface area contributed by atoms with Crippen molar-refractivity contribution >= 4 is 5.91 Å². The van der Waals surface area contributed by atoms with Crippen LogP contribution in [-0.4, -0.2) is 35.1 Å². The first-order valence-electron chi connectivity index (χ1n) is 9.05. The van der Waals surface area contributed by atoms with Crippen LogP contribution in [0.2, 0.25) is 0 Å². The number of hydrogen-bond donors (Lipinski definition) is 1. The van der Waals surface area contributed by atoms with Gasteiger partial charge in [0.15, 0.2) is 0 Å². The van der Waals surface area contributed by atoms with Crippen molar-refractivity contribution < 1.29 is 27.4 Å². The van der Waals surface area contributed by atoms with Gasteiger partial charge in [-0.3, -0.25) is 9.48 Å². The third-order valence-electron chi connectivity index (χ3n) is 4.55. The van der Waals surface area contributed by atoms with E-state index in [1.54, 1.807) is 25.3 Å². The fourth-order valence-corrected chi connectivity index (χ4v) is 3.13. The Labute approximate surface area is 160 Å². The lowest BCUT2D eigenvalue weighted by molar-refractivity contribution is -0.142. The standard InChI is InChI=1S/C19H22F3N3O3/c1-27-16-7-6-13(17(8-16)28-15-4-2-3-5-15)9-23-18(26)14-10-24-25(11-14)12-19(20,21)22/h6-8,10-11,15H,2-5,9,12H2,1H3,(H,23,26). The molecule has 0 aliphatic heterocycles. The second-order valence-electron chi connectivity index (χ2n) is 6.72. The maximum absolute atomic E-state index is 12.4. The molecule has 0 unspecified atom stereocenters. The zero-order chi connectivity index (χ0) is 20.1. The SMILES string of the molecule is COc1ccc(CNC(=O)c2cnn(CC(F)(F)F)c2)c(OC2CCCC2)c1. The van der Waals surface area contributed by atoms with Gasteiger partial charge in [0.2, 0.25) is 0 Å². The van der Waals surface area contributed by atoms with Gasteiger partial charge >= 0.3 is 6.18 Å². The van der Waals surface area contributed by atoms with Gasteiger partial charge in [0.25, 0.3) is 5.91 Å². The van der Waals surface area contributed by atoms with Crippen molar-refractivity contribution in [1.29, 1.82) is 0 Å². The van der Waals surface area contributed by atoms with Gasteiger partial charge in [-0.05, 0) is 37.8 Å². The average Bonchev–Trinajstić information content (AvgIpc) is 3.31. The lowest BCUT2D eigenvalue weighted by atomic mass is 10.1. The third-order valence-corrected chi connectivity index (χ3v) is 4.55. The largest absolute Gasteiger partial charge is 0.497 e. The first kappa shape index (κ1) is 20.0. The molecule has 1 aromatic carbocycles. The summed E-state index contributed by atoms with van der Waals surface area (Å²) < 4.78 is 49.2. The Morgan fingerprint density at radius 1 is 1.32 bits per heavy atom. The summed E-state index contributed by atoms with van der Waals surface area (Å²) in [5.41, 5.74) is 0.833. The van der Waals surface area contributed by atoms with Crippen LogP contribution in [0.5, 0.6) is 11.5 Å². The molecule has 2 aromatic rings. The number of amides is 1. The number of halogens is 3. The molecule has 0 atom stereocenters. The van der Waals surface area contributed by atoms with E-state index in [-0.39, 0.29) is 18.2 Å².